The number of hydrogen-bond donors (Lipinski definition) is 0. The molecule has 4 heteroatoms. The second kappa shape index (κ2) is 3.67. The molecule has 11 heavy (non-hydrogen) atoms. The van der Waals surface area contributed by atoms with Crippen LogP contribution >= 0.6 is 15.9 Å². The Kier molecular flexibility index (Phi) is 2.82. The quantitative estimate of drug-likeness (QED) is 0.718. The summed E-state index contributed by atoms with van der Waals surface area (Å²) >= 11 is 3.31. The number of rotatable bonds is 3. The van der Waals surface area contributed by atoms with Crippen LogP contribution in [0.1, 0.15) is 6.92 Å². The SMILES string of the molecule is CC(C=O)Cn1nccc1Br. The van der Waals surface area contributed by atoms with Crippen LogP contribution in [0.5, 0.6) is 0 Å². The average molecular weight is 217 g/mol. The molecule has 1 aromatic heterocycles. The molecule has 0 radical (unpaired) electrons. The van der Waals surface area contributed by atoms with Crippen molar-refractivity contribution in [3.63, 3.8) is 0 Å². The molecular weight excluding hydrogens is 208 g/mol. The van der Waals surface area contributed by atoms with E-state index in [-0.39, 0.29) is 5.92 Å². The highest BCUT2D eigenvalue weighted by Crippen LogP contribution is 2.09. The Morgan fingerprint density at radius 1 is 1.91 bits per heavy atom. The highest BCUT2D eigenvalue weighted by molar-refractivity contribution is 9.10. The van der Waals surface area contributed by atoms with Crippen LogP contribution in [-0.2, 0) is 11.3 Å². The summed E-state index contributed by atoms with van der Waals surface area (Å²) in [6.07, 6.45) is 2.62. The normalized spacial score (nSPS) is 12.9. The lowest BCUT2D eigenvalue weighted by atomic mass is 10.2. The lowest BCUT2D eigenvalue weighted by molar-refractivity contribution is -0.111. The van der Waals surface area contributed by atoms with Crippen molar-refractivity contribution in [2.24, 2.45) is 5.92 Å². The van der Waals surface area contributed by atoms with Crippen molar-refractivity contribution in [3.05, 3.63) is 16.9 Å². The van der Waals surface area contributed by atoms with Crippen molar-refractivity contribution in [2.45, 2.75) is 13.5 Å². The summed E-state index contributed by atoms with van der Waals surface area (Å²) in [6, 6.07) is 1.84. The number of halogens is 1. The number of aromatic nitrogens is 2. The van der Waals surface area contributed by atoms with Gasteiger partial charge in [-0.25, -0.2) is 0 Å². The van der Waals surface area contributed by atoms with Gasteiger partial charge in [0.1, 0.15) is 10.9 Å². The van der Waals surface area contributed by atoms with E-state index in [1.807, 2.05) is 13.0 Å². The molecule has 0 aliphatic carbocycles. The fourth-order valence-corrected chi connectivity index (χ4v) is 1.12. The van der Waals surface area contributed by atoms with E-state index in [1.54, 1.807) is 10.9 Å². The number of carbonyl (C=O) groups excluding carboxylic acids is 1. The maximum absolute atomic E-state index is 10.3. The third-order valence-corrected chi connectivity index (χ3v) is 2.03. The molecule has 0 saturated heterocycles. The number of aldehydes is 1. The zero-order chi connectivity index (χ0) is 8.27. The Morgan fingerprint density at radius 3 is 3.09 bits per heavy atom. The van der Waals surface area contributed by atoms with E-state index in [0.717, 1.165) is 10.9 Å². The van der Waals surface area contributed by atoms with Gasteiger partial charge >= 0.3 is 0 Å². The van der Waals surface area contributed by atoms with Crippen LogP contribution in [-0.4, -0.2) is 16.1 Å². The molecule has 1 aromatic rings. The van der Waals surface area contributed by atoms with Crippen LogP contribution in [0.4, 0.5) is 0 Å². The summed E-state index contributed by atoms with van der Waals surface area (Å²) in [4.78, 5) is 10.3. The van der Waals surface area contributed by atoms with Crippen LogP contribution in [0.2, 0.25) is 0 Å². The first kappa shape index (κ1) is 8.46. The monoisotopic (exact) mass is 216 g/mol. The van der Waals surface area contributed by atoms with Gasteiger partial charge in [0.15, 0.2) is 0 Å². The minimum atomic E-state index is 0.0196. The molecule has 60 valence electrons. The van der Waals surface area contributed by atoms with Gasteiger partial charge in [-0.3, -0.25) is 4.68 Å². The predicted octanol–water partition coefficient (Wildman–Crippen LogP) is 1.48. The van der Waals surface area contributed by atoms with Gasteiger partial charge in [-0.2, -0.15) is 5.10 Å². The van der Waals surface area contributed by atoms with Crippen LogP contribution in [0.15, 0.2) is 16.9 Å². The predicted molar refractivity (Wildman–Crippen MR) is 45.2 cm³/mol. The first-order valence-electron chi connectivity index (χ1n) is 3.36. The molecule has 0 bridgehead atoms. The molecule has 1 atom stereocenters. The minimum absolute atomic E-state index is 0.0196. The fourth-order valence-electron chi connectivity index (χ4n) is 0.767. The average Bonchev–Trinajstić information content (AvgIpc) is 2.37. The van der Waals surface area contributed by atoms with Crippen molar-refractivity contribution < 1.29 is 4.79 Å². The largest absolute Gasteiger partial charge is 0.303 e. The highest BCUT2D eigenvalue weighted by atomic mass is 79.9. The highest BCUT2D eigenvalue weighted by Gasteiger charge is 2.03. The van der Waals surface area contributed by atoms with Crippen molar-refractivity contribution in [1.82, 2.24) is 9.78 Å². The smallest absolute Gasteiger partial charge is 0.124 e. The van der Waals surface area contributed by atoms with E-state index in [2.05, 4.69) is 21.0 Å². The van der Waals surface area contributed by atoms with Crippen molar-refractivity contribution in [2.75, 3.05) is 0 Å². The first-order valence-corrected chi connectivity index (χ1v) is 4.16. The van der Waals surface area contributed by atoms with Gasteiger partial charge in [0.25, 0.3) is 0 Å². The minimum Gasteiger partial charge on any atom is -0.303 e. The molecule has 0 fully saturated rings. The summed E-state index contributed by atoms with van der Waals surface area (Å²) in [5.41, 5.74) is 0. The second-order valence-corrected chi connectivity index (χ2v) is 3.26. The topological polar surface area (TPSA) is 34.9 Å². The van der Waals surface area contributed by atoms with Crippen LogP contribution < -0.4 is 0 Å². The van der Waals surface area contributed by atoms with E-state index >= 15 is 0 Å². The molecule has 0 saturated carbocycles. The van der Waals surface area contributed by atoms with E-state index in [1.165, 1.54) is 0 Å². The molecule has 3 nitrogen and oxygen atoms in total. The van der Waals surface area contributed by atoms with E-state index < -0.39 is 0 Å². The van der Waals surface area contributed by atoms with Crippen molar-refractivity contribution in [3.8, 4) is 0 Å². The van der Waals surface area contributed by atoms with Gasteiger partial charge < -0.3 is 4.79 Å². The summed E-state index contributed by atoms with van der Waals surface area (Å²) in [6.45, 7) is 2.50. The van der Waals surface area contributed by atoms with Crippen LogP contribution in [0.25, 0.3) is 0 Å². The Morgan fingerprint density at radius 2 is 2.64 bits per heavy atom. The lowest BCUT2D eigenvalue weighted by Gasteiger charge is -2.04. The fraction of sp³-hybridized carbons (Fsp3) is 0.429. The van der Waals surface area contributed by atoms with Gasteiger partial charge in [0.2, 0.25) is 0 Å². The Bertz CT molecular complexity index is 246. The molecule has 1 heterocycles. The summed E-state index contributed by atoms with van der Waals surface area (Å²) in [5, 5.41) is 4.01. The maximum atomic E-state index is 10.3. The first-order chi connectivity index (χ1) is 5.24. The number of hydrogen-bond acceptors (Lipinski definition) is 2. The zero-order valence-electron chi connectivity index (χ0n) is 6.20. The second-order valence-electron chi connectivity index (χ2n) is 2.45. The van der Waals surface area contributed by atoms with E-state index in [0.29, 0.717) is 6.54 Å². The lowest BCUT2D eigenvalue weighted by Crippen LogP contribution is -2.09. The molecule has 0 amide bonds. The summed E-state index contributed by atoms with van der Waals surface area (Å²) < 4.78 is 2.66. The molecule has 0 N–H and O–H groups in total. The van der Waals surface area contributed by atoms with Crippen molar-refractivity contribution in [1.29, 1.82) is 0 Å². The Balaban J connectivity index is 2.63. The van der Waals surface area contributed by atoms with Crippen molar-refractivity contribution >= 4 is 22.2 Å². The zero-order valence-corrected chi connectivity index (χ0v) is 7.78. The molecule has 0 spiro atoms. The van der Waals surface area contributed by atoms with Gasteiger partial charge in [-0.15, -0.1) is 0 Å². The molecule has 0 aliphatic heterocycles. The molecular formula is C7H9BrN2O. The summed E-state index contributed by atoms with van der Waals surface area (Å²) in [5.74, 6) is 0.0196. The van der Waals surface area contributed by atoms with Gasteiger partial charge in [-0.05, 0) is 22.0 Å². The van der Waals surface area contributed by atoms with Crippen LogP contribution in [0.3, 0.4) is 0 Å². The number of carbonyl (C=O) groups is 1. The summed E-state index contributed by atoms with van der Waals surface area (Å²) in [7, 11) is 0. The van der Waals surface area contributed by atoms with Gasteiger partial charge in [0, 0.05) is 5.92 Å². The van der Waals surface area contributed by atoms with Gasteiger partial charge in [0.05, 0.1) is 12.7 Å². The molecule has 0 aromatic carbocycles. The standard InChI is InChI=1S/C7H9BrN2O/c1-6(5-11)4-10-7(8)2-3-9-10/h2-3,5-6H,4H2,1H3. The Labute approximate surface area is 73.5 Å². The van der Waals surface area contributed by atoms with Gasteiger partial charge in [-0.1, -0.05) is 6.92 Å². The molecule has 1 rings (SSSR count). The third kappa shape index (κ3) is 2.15. The Hall–Kier alpha value is -0.640. The third-order valence-electron chi connectivity index (χ3n) is 1.36. The maximum Gasteiger partial charge on any atom is 0.124 e. The molecule has 0 aliphatic rings. The van der Waals surface area contributed by atoms with E-state index in [9.17, 15) is 4.79 Å². The van der Waals surface area contributed by atoms with Crippen LogP contribution in [0, 0.1) is 5.92 Å². The van der Waals surface area contributed by atoms with E-state index in [4.69, 9.17) is 0 Å². The number of nitrogens with zero attached hydrogens (tertiary/aromatic N) is 2. The molecule has 1 unspecified atom stereocenters.